The number of primary amides is 1. The van der Waals surface area contributed by atoms with Crippen molar-refractivity contribution < 1.29 is 4.79 Å². The van der Waals surface area contributed by atoms with Gasteiger partial charge in [-0.2, -0.15) is 0 Å². The topological polar surface area (TPSA) is 72.3 Å². The highest BCUT2D eigenvalue weighted by atomic mass is 79.9. The minimum Gasteiger partial charge on any atom is -0.396 e. The molecule has 0 aliphatic heterocycles. The highest BCUT2D eigenvalue weighted by Gasteiger charge is 2.12. The van der Waals surface area contributed by atoms with Crippen LogP contribution in [0.5, 0.6) is 0 Å². The van der Waals surface area contributed by atoms with Crippen molar-refractivity contribution in [2.45, 2.75) is 6.54 Å². The van der Waals surface area contributed by atoms with E-state index in [4.69, 9.17) is 11.5 Å². The molecule has 5 heteroatoms. The van der Waals surface area contributed by atoms with Crippen LogP contribution in [-0.4, -0.2) is 13.0 Å². The second-order valence-corrected chi connectivity index (χ2v) is 5.50. The van der Waals surface area contributed by atoms with E-state index in [2.05, 4.69) is 15.9 Å². The van der Waals surface area contributed by atoms with Crippen molar-refractivity contribution in [2.24, 2.45) is 5.73 Å². The molecule has 0 heterocycles. The molecule has 0 atom stereocenters. The molecule has 2 rings (SSSR count). The second kappa shape index (κ2) is 5.96. The highest BCUT2D eigenvalue weighted by Crippen LogP contribution is 2.27. The van der Waals surface area contributed by atoms with Gasteiger partial charge in [-0.15, -0.1) is 0 Å². The summed E-state index contributed by atoms with van der Waals surface area (Å²) < 4.78 is 1.04. The number of carbonyl (C=O) groups is 1. The average Bonchev–Trinajstić information content (AvgIpc) is 2.41. The molecule has 0 saturated carbocycles. The van der Waals surface area contributed by atoms with Crippen LogP contribution >= 0.6 is 15.9 Å². The Hall–Kier alpha value is -2.01. The summed E-state index contributed by atoms with van der Waals surface area (Å²) in [5.74, 6) is -0.513. The molecular weight excluding hydrogens is 318 g/mol. The Morgan fingerprint density at radius 3 is 2.45 bits per heavy atom. The minimum atomic E-state index is -0.513. The number of para-hydroxylation sites is 1. The van der Waals surface area contributed by atoms with Crippen LogP contribution in [0, 0.1) is 0 Å². The van der Waals surface area contributed by atoms with E-state index in [-0.39, 0.29) is 0 Å². The predicted molar refractivity (Wildman–Crippen MR) is 85.6 cm³/mol. The zero-order valence-electron chi connectivity index (χ0n) is 11.1. The van der Waals surface area contributed by atoms with Crippen LogP contribution in [0.3, 0.4) is 0 Å². The van der Waals surface area contributed by atoms with Crippen molar-refractivity contribution in [3.63, 3.8) is 0 Å². The molecule has 104 valence electrons. The van der Waals surface area contributed by atoms with Gasteiger partial charge in [-0.1, -0.05) is 34.1 Å². The fraction of sp³-hybridized carbons (Fsp3) is 0.133. The number of benzene rings is 2. The maximum Gasteiger partial charge on any atom is 0.250 e. The summed E-state index contributed by atoms with van der Waals surface area (Å²) in [6.45, 7) is 0.694. The number of halogens is 1. The molecule has 2 aromatic carbocycles. The summed E-state index contributed by atoms with van der Waals surface area (Å²) in [5, 5.41) is 0. The first-order valence-electron chi connectivity index (χ1n) is 6.13. The van der Waals surface area contributed by atoms with Crippen LogP contribution in [0.15, 0.2) is 46.9 Å². The number of hydrogen-bond acceptors (Lipinski definition) is 3. The third kappa shape index (κ3) is 3.11. The third-order valence-electron chi connectivity index (χ3n) is 3.09. The Morgan fingerprint density at radius 1 is 1.20 bits per heavy atom. The van der Waals surface area contributed by atoms with E-state index in [1.165, 1.54) is 0 Å². The lowest BCUT2D eigenvalue weighted by atomic mass is 10.1. The van der Waals surface area contributed by atoms with E-state index in [1.54, 1.807) is 12.1 Å². The van der Waals surface area contributed by atoms with Crippen molar-refractivity contribution in [1.29, 1.82) is 0 Å². The van der Waals surface area contributed by atoms with Crippen LogP contribution < -0.4 is 16.4 Å². The van der Waals surface area contributed by atoms with Crippen molar-refractivity contribution in [3.8, 4) is 0 Å². The summed E-state index contributed by atoms with van der Waals surface area (Å²) in [4.78, 5) is 13.3. The molecule has 1 amide bonds. The molecule has 0 unspecified atom stereocenters. The van der Waals surface area contributed by atoms with Crippen molar-refractivity contribution in [1.82, 2.24) is 0 Å². The van der Waals surface area contributed by atoms with E-state index >= 15 is 0 Å². The Kier molecular flexibility index (Phi) is 4.29. The first-order valence-corrected chi connectivity index (χ1v) is 6.92. The predicted octanol–water partition coefficient (Wildman–Crippen LogP) is 2.77. The normalized spacial score (nSPS) is 10.3. The average molecular weight is 334 g/mol. The van der Waals surface area contributed by atoms with Gasteiger partial charge in [0.1, 0.15) is 0 Å². The van der Waals surface area contributed by atoms with Gasteiger partial charge in [0.15, 0.2) is 0 Å². The molecule has 0 aliphatic carbocycles. The molecule has 0 fully saturated rings. The van der Waals surface area contributed by atoms with Crippen LogP contribution in [-0.2, 0) is 6.54 Å². The van der Waals surface area contributed by atoms with E-state index in [0.29, 0.717) is 17.8 Å². The Labute approximate surface area is 126 Å². The number of nitrogens with zero attached hydrogens (tertiary/aromatic N) is 1. The Bertz CT molecular complexity index is 626. The van der Waals surface area contributed by atoms with Gasteiger partial charge in [0.25, 0.3) is 5.91 Å². The zero-order valence-corrected chi connectivity index (χ0v) is 12.7. The van der Waals surface area contributed by atoms with E-state index < -0.39 is 5.91 Å². The number of anilines is 2. The molecule has 20 heavy (non-hydrogen) atoms. The molecule has 4 N–H and O–H groups in total. The highest BCUT2D eigenvalue weighted by molar-refractivity contribution is 9.10. The number of nitrogen functional groups attached to an aromatic ring is 1. The summed E-state index contributed by atoms with van der Waals surface area (Å²) in [6, 6.07) is 13.3. The van der Waals surface area contributed by atoms with E-state index in [0.717, 1.165) is 15.7 Å². The molecule has 2 aromatic rings. The van der Waals surface area contributed by atoms with Gasteiger partial charge >= 0.3 is 0 Å². The monoisotopic (exact) mass is 333 g/mol. The minimum absolute atomic E-state index is 0.352. The molecule has 0 radical (unpaired) electrons. The van der Waals surface area contributed by atoms with Gasteiger partial charge in [-0.25, -0.2) is 0 Å². The molecule has 0 aromatic heterocycles. The lowest BCUT2D eigenvalue weighted by molar-refractivity contribution is 0.100. The third-order valence-corrected chi connectivity index (χ3v) is 3.62. The number of hydrogen-bond donors (Lipinski definition) is 2. The fourth-order valence-electron chi connectivity index (χ4n) is 2.05. The molecule has 0 saturated heterocycles. The van der Waals surface area contributed by atoms with Gasteiger partial charge in [0, 0.05) is 18.1 Å². The molecule has 4 nitrogen and oxygen atoms in total. The smallest absolute Gasteiger partial charge is 0.250 e. The maximum absolute atomic E-state index is 11.3. The number of rotatable bonds is 4. The first-order chi connectivity index (χ1) is 9.49. The van der Waals surface area contributed by atoms with Crippen LogP contribution in [0.25, 0.3) is 0 Å². The van der Waals surface area contributed by atoms with E-state index in [9.17, 15) is 4.79 Å². The lowest BCUT2D eigenvalue weighted by Gasteiger charge is -2.22. The fourth-order valence-corrected chi connectivity index (χ4v) is 2.31. The van der Waals surface area contributed by atoms with E-state index in [1.807, 2.05) is 42.3 Å². The lowest BCUT2D eigenvalue weighted by Crippen LogP contribution is -2.20. The van der Waals surface area contributed by atoms with Gasteiger partial charge in [0.05, 0.1) is 16.9 Å². The number of amides is 1. The first kappa shape index (κ1) is 14.4. The molecule has 0 spiro atoms. The van der Waals surface area contributed by atoms with Crippen molar-refractivity contribution in [3.05, 3.63) is 58.1 Å². The van der Waals surface area contributed by atoms with Crippen LogP contribution in [0.2, 0.25) is 0 Å². The SMILES string of the molecule is CN(Cc1ccc(Br)cc1)c1cccc(C(N)=O)c1N. The van der Waals surface area contributed by atoms with Gasteiger partial charge in [-0.3, -0.25) is 4.79 Å². The Balaban J connectivity index is 2.25. The number of nitrogens with two attached hydrogens (primary N) is 2. The summed E-state index contributed by atoms with van der Waals surface area (Å²) in [5.41, 5.74) is 14.0. The summed E-state index contributed by atoms with van der Waals surface area (Å²) in [7, 11) is 1.93. The molecule has 0 bridgehead atoms. The molecule has 0 aliphatic rings. The standard InChI is InChI=1S/C15H16BrN3O/c1-19(9-10-5-7-11(16)8-6-10)13-4-2-3-12(14(13)17)15(18)20/h2-8H,9,17H2,1H3,(H2,18,20). The maximum atomic E-state index is 11.3. The summed E-state index contributed by atoms with van der Waals surface area (Å²) >= 11 is 3.41. The largest absolute Gasteiger partial charge is 0.396 e. The van der Waals surface area contributed by atoms with Crippen molar-refractivity contribution in [2.75, 3.05) is 17.7 Å². The zero-order chi connectivity index (χ0) is 14.7. The van der Waals surface area contributed by atoms with Crippen molar-refractivity contribution >= 4 is 33.2 Å². The van der Waals surface area contributed by atoms with Crippen LogP contribution in [0.1, 0.15) is 15.9 Å². The molecular formula is C15H16BrN3O. The van der Waals surface area contributed by atoms with Crippen LogP contribution in [0.4, 0.5) is 11.4 Å². The second-order valence-electron chi connectivity index (χ2n) is 4.59. The Morgan fingerprint density at radius 2 is 1.85 bits per heavy atom. The van der Waals surface area contributed by atoms with Gasteiger partial charge in [0.2, 0.25) is 0 Å². The summed E-state index contributed by atoms with van der Waals surface area (Å²) in [6.07, 6.45) is 0. The van der Waals surface area contributed by atoms with Gasteiger partial charge in [-0.05, 0) is 29.8 Å². The quantitative estimate of drug-likeness (QED) is 0.845. The number of carbonyl (C=O) groups excluding carboxylic acids is 1. The van der Waals surface area contributed by atoms with Gasteiger partial charge < -0.3 is 16.4 Å².